The van der Waals surface area contributed by atoms with Gasteiger partial charge in [0.1, 0.15) is 5.01 Å². The Morgan fingerprint density at radius 3 is 2.76 bits per heavy atom. The summed E-state index contributed by atoms with van der Waals surface area (Å²) in [4.78, 5) is 4.38. The highest BCUT2D eigenvalue weighted by Crippen LogP contribution is 2.26. The molecule has 0 bridgehead atoms. The SMILES string of the molecule is CCC(NS(=O)(=O)c1ccc(CN)cc1Br)c1nccs1. The molecule has 2 rings (SSSR count). The van der Waals surface area contributed by atoms with Gasteiger partial charge in [0.05, 0.1) is 10.9 Å². The van der Waals surface area contributed by atoms with Crippen LogP contribution in [0, 0.1) is 0 Å². The second-order valence-corrected chi connectivity index (χ2v) is 7.88. The number of aromatic nitrogens is 1. The molecule has 8 heteroatoms. The molecule has 1 atom stereocenters. The van der Waals surface area contributed by atoms with E-state index in [9.17, 15) is 8.42 Å². The van der Waals surface area contributed by atoms with Gasteiger partial charge in [0.2, 0.25) is 10.0 Å². The lowest BCUT2D eigenvalue weighted by Crippen LogP contribution is -2.28. The minimum Gasteiger partial charge on any atom is -0.326 e. The van der Waals surface area contributed by atoms with Gasteiger partial charge in [-0.3, -0.25) is 0 Å². The van der Waals surface area contributed by atoms with Crippen LogP contribution in [0.3, 0.4) is 0 Å². The van der Waals surface area contributed by atoms with Crippen molar-refractivity contribution >= 4 is 37.3 Å². The predicted octanol–water partition coefficient (Wildman–Crippen LogP) is 2.79. The summed E-state index contributed by atoms with van der Waals surface area (Å²) < 4.78 is 28.2. The Morgan fingerprint density at radius 2 is 2.24 bits per heavy atom. The zero-order chi connectivity index (χ0) is 15.5. The molecule has 1 aromatic carbocycles. The molecule has 0 amide bonds. The fraction of sp³-hybridized carbons (Fsp3) is 0.308. The van der Waals surface area contributed by atoms with Gasteiger partial charge < -0.3 is 5.73 Å². The second-order valence-electron chi connectivity index (χ2n) is 4.42. The van der Waals surface area contributed by atoms with E-state index in [0.717, 1.165) is 10.6 Å². The lowest BCUT2D eigenvalue weighted by Gasteiger charge is -2.16. The highest BCUT2D eigenvalue weighted by molar-refractivity contribution is 9.10. The molecule has 21 heavy (non-hydrogen) atoms. The van der Waals surface area contributed by atoms with Crippen LogP contribution in [0.25, 0.3) is 0 Å². The monoisotopic (exact) mass is 389 g/mol. The average Bonchev–Trinajstić information content (AvgIpc) is 2.98. The van der Waals surface area contributed by atoms with E-state index >= 15 is 0 Å². The largest absolute Gasteiger partial charge is 0.326 e. The summed E-state index contributed by atoms with van der Waals surface area (Å²) in [6, 6.07) is 4.67. The molecular weight excluding hydrogens is 374 g/mol. The van der Waals surface area contributed by atoms with Gasteiger partial charge in [0.15, 0.2) is 0 Å². The van der Waals surface area contributed by atoms with Crippen LogP contribution in [0.1, 0.15) is 30.0 Å². The first-order valence-corrected chi connectivity index (χ1v) is 9.53. The highest BCUT2D eigenvalue weighted by atomic mass is 79.9. The standard InChI is InChI=1S/C13H16BrN3O2S2/c1-2-11(13-16-5-6-20-13)17-21(18,19)12-4-3-9(8-15)7-10(12)14/h3-7,11,17H,2,8,15H2,1H3. The molecule has 3 N–H and O–H groups in total. The van der Waals surface area contributed by atoms with Crippen molar-refractivity contribution in [2.75, 3.05) is 0 Å². The van der Waals surface area contributed by atoms with E-state index in [-0.39, 0.29) is 10.9 Å². The molecule has 1 unspecified atom stereocenters. The highest BCUT2D eigenvalue weighted by Gasteiger charge is 2.23. The summed E-state index contributed by atoms with van der Waals surface area (Å²) in [5, 5.41) is 2.59. The first kappa shape index (κ1) is 16.6. The summed E-state index contributed by atoms with van der Waals surface area (Å²) in [5.41, 5.74) is 6.42. The third kappa shape index (κ3) is 3.89. The van der Waals surface area contributed by atoms with Gasteiger partial charge in [-0.1, -0.05) is 13.0 Å². The summed E-state index contributed by atoms with van der Waals surface area (Å²) in [6.07, 6.45) is 2.30. The molecule has 1 aromatic heterocycles. The Kier molecular flexibility index (Phi) is 5.50. The molecule has 0 aliphatic rings. The van der Waals surface area contributed by atoms with Crippen LogP contribution in [0.15, 0.2) is 39.1 Å². The molecule has 0 saturated heterocycles. The number of rotatable bonds is 6. The van der Waals surface area contributed by atoms with Gasteiger partial charge in [-0.15, -0.1) is 11.3 Å². The molecule has 1 heterocycles. The molecule has 0 aliphatic carbocycles. The van der Waals surface area contributed by atoms with E-state index in [4.69, 9.17) is 5.73 Å². The van der Waals surface area contributed by atoms with Crippen molar-refractivity contribution in [1.82, 2.24) is 9.71 Å². The Balaban J connectivity index is 2.29. The molecule has 0 radical (unpaired) electrons. The fourth-order valence-electron chi connectivity index (χ4n) is 1.85. The van der Waals surface area contributed by atoms with Gasteiger partial charge in [-0.25, -0.2) is 18.1 Å². The molecule has 0 fully saturated rings. The van der Waals surface area contributed by atoms with Crippen LogP contribution >= 0.6 is 27.3 Å². The lowest BCUT2D eigenvalue weighted by atomic mass is 10.2. The maximum Gasteiger partial charge on any atom is 0.242 e. The number of sulfonamides is 1. The lowest BCUT2D eigenvalue weighted by molar-refractivity contribution is 0.548. The number of nitrogens with two attached hydrogens (primary N) is 1. The van der Waals surface area contributed by atoms with Gasteiger partial charge in [0.25, 0.3) is 0 Å². The Morgan fingerprint density at radius 1 is 1.48 bits per heavy atom. The van der Waals surface area contributed by atoms with Crippen molar-refractivity contribution in [1.29, 1.82) is 0 Å². The Bertz CT molecular complexity index is 702. The van der Waals surface area contributed by atoms with Crippen LogP contribution in [-0.4, -0.2) is 13.4 Å². The van der Waals surface area contributed by atoms with Crippen molar-refractivity contribution < 1.29 is 8.42 Å². The normalized spacial score (nSPS) is 13.3. The quantitative estimate of drug-likeness (QED) is 0.794. The van der Waals surface area contributed by atoms with Crippen LogP contribution in [0.2, 0.25) is 0 Å². The molecule has 0 aliphatic heterocycles. The molecular formula is C13H16BrN3O2S2. The van der Waals surface area contributed by atoms with Gasteiger partial charge >= 0.3 is 0 Å². The molecule has 114 valence electrons. The number of thiazole rings is 1. The van der Waals surface area contributed by atoms with E-state index in [1.165, 1.54) is 11.3 Å². The second kappa shape index (κ2) is 6.97. The number of hydrogen-bond acceptors (Lipinski definition) is 5. The fourth-order valence-corrected chi connectivity index (χ4v) is 5.11. The van der Waals surface area contributed by atoms with Crippen molar-refractivity contribution in [3.8, 4) is 0 Å². The molecule has 0 saturated carbocycles. The van der Waals surface area contributed by atoms with E-state index in [2.05, 4.69) is 25.6 Å². The van der Waals surface area contributed by atoms with Crippen LogP contribution in [0.5, 0.6) is 0 Å². The van der Waals surface area contributed by atoms with Crippen LogP contribution < -0.4 is 10.5 Å². The summed E-state index contributed by atoms with van der Waals surface area (Å²) in [5.74, 6) is 0. The van der Waals surface area contributed by atoms with Crippen LogP contribution in [-0.2, 0) is 16.6 Å². The summed E-state index contributed by atoms with van der Waals surface area (Å²) in [7, 11) is -3.62. The van der Waals surface area contributed by atoms with Crippen molar-refractivity contribution in [2.24, 2.45) is 5.73 Å². The Labute approximate surface area is 136 Å². The summed E-state index contributed by atoms with van der Waals surface area (Å²) in [6.45, 7) is 2.28. The van der Waals surface area contributed by atoms with E-state index < -0.39 is 10.0 Å². The van der Waals surface area contributed by atoms with E-state index in [1.807, 2.05) is 12.3 Å². The molecule has 5 nitrogen and oxygen atoms in total. The van der Waals surface area contributed by atoms with E-state index in [0.29, 0.717) is 17.4 Å². The molecule has 0 spiro atoms. The smallest absolute Gasteiger partial charge is 0.242 e. The number of benzene rings is 1. The Hall–Kier alpha value is -0.800. The van der Waals surface area contributed by atoms with Crippen molar-refractivity contribution in [3.63, 3.8) is 0 Å². The average molecular weight is 390 g/mol. The third-order valence-corrected chi connectivity index (χ3v) is 6.31. The van der Waals surface area contributed by atoms with Gasteiger partial charge in [-0.05, 0) is 40.0 Å². The molecule has 2 aromatic rings. The maximum atomic E-state index is 12.5. The number of nitrogens with zero attached hydrogens (tertiary/aromatic N) is 1. The van der Waals surface area contributed by atoms with Crippen molar-refractivity contribution in [2.45, 2.75) is 30.8 Å². The van der Waals surface area contributed by atoms with Gasteiger partial charge in [0, 0.05) is 22.6 Å². The van der Waals surface area contributed by atoms with E-state index in [1.54, 1.807) is 24.4 Å². The number of halogens is 1. The maximum absolute atomic E-state index is 12.5. The summed E-state index contributed by atoms with van der Waals surface area (Å²) >= 11 is 4.73. The predicted molar refractivity (Wildman–Crippen MR) is 87.5 cm³/mol. The van der Waals surface area contributed by atoms with Crippen LogP contribution in [0.4, 0.5) is 0 Å². The first-order chi connectivity index (χ1) is 9.97. The zero-order valence-corrected chi connectivity index (χ0v) is 14.6. The minimum atomic E-state index is -3.62. The minimum absolute atomic E-state index is 0.203. The third-order valence-electron chi connectivity index (χ3n) is 2.98. The van der Waals surface area contributed by atoms with Crippen molar-refractivity contribution in [3.05, 3.63) is 44.8 Å². The topological polar surface area (TPSA) is 85.1 Å². The van der Waals surface area contributed by atoms with Gasteiger partial charge in [-0.2, -0.15) is 0 Å². The zero-order valence-electron chi connectivity index (χ0n) is 11.4. The first-order valence-electron chi connectivity index (χ1n) is 6.38. The number of nitrogens with one attached hydrogen (secondary N) is 1. The number of hydrogen-bond donors (Lipinski definition) is 2.